The van der Waals surface area contributed by atoms with Crippen molar-refractivity contribution in [3.63, 3.8) is 0 Å². The van der Waals surface area contributed by atoms with E-state index in [-0.39, 0.29) is 0 Å². The number of hydrogen-bond donors (Lipinski definition) is 4. The van der Waals surface area contributed by atoms with E-state index >= 15 is 0 Å². The maximum atomic E-state index is 12.1. The number of aromatic nitrogens is 1. The molecule has 0 radical (unpaired) electrons. The second-order valence-corrected chi connectivity index (χ2v) is 6.88. The second-order valence-electron chi connectivity index (χ2n) is 6.88. The minimum Gasteiger partial charge on any atom is -0.480 e. The van der Waals surface area contributed by atoms with Crippen LogP contribution in [0.2, 0.25) is 0 Å². The lowest BCUT2D eigenvalue weighted by Gasteiger charge is -2.37. The topological polar surface area (TPSA) is 126 Å². The Labute approximate surface area is 167 Å². The Kier molecular flexibility index (Phi) is 6.30. The van der Waals surface area contributed by atoms with E-state index < -0.39 is 23.9 Å². The third-order valence-corrected chi connectivity index (χ3v) is 5.11. The number of aromatic amines is 1. The fourth-order valence-corrected chi connectivity index (χ4v) is 3.60. The fraction of sp³-hybridized carbons (Fsp3) is 0.350. The number of benzene rings is 1. The van der Waals surface area contributed by atoms with Crippen molar-refractivity contribution in [2.45, 2.75) is 13.0 Å². The van der Waals surface area contributed by atoms with Crippen LogP contribution < -0.4 is 5.32 Å². The van der Waals surface area contributed by atoms with Crippen LogP contribution in [-0.2, 0) is 14.4 Å². The predicted octanol–water partition coefficient (Wildman–Crippen LogP) is 1.51. The standard InChI is InChI=1S/C20H24N4O5/c1-2-23-7-9-24(10-8-23)19(20(28)29)15-12-21-16-4-3-13(11-14(15)16)22-17(25)5-6-18(26)27/h3-6,11-12,19,21H,2,7-10H2,1H3,(H,22,25)(H,26,27)(H,28,29). The van der Waals surface area contributed by atoms with E-state index in [1.807, 2.05) is 4.90 Å². The fourth-order valence-electron chi connectivity index (χ4n) is 3.60. The maximum absolute atomic E-state index is 12.1. The Morgan fingerprint density at radius 3 is 2.52 bits per heavy atom. The molecule has 9 heteroatoms. The summed E-state index contributed by atoms with van der Waals surface area (Å²) in [7, 11) is 0. The molecule has 29 heavy (non-hydrogen) atoms. The number of carbonyl (C=O) groups is 3. The molecular weight excluding hydrogens is 376 g/mol. The molecule has 2 aromatic rings. The molecule has 1 aromatic carbocycles. The largest absolute Gasteiger partial charge is 0.480 e. The SMILES string of the molecule is CCN1CCN(C(C(=O)O)c2c[nH]c3ccc(NC(=O)C=CC(=O)O)cc23)CC1. The van der Waals surface area contributed by atoms with Gasteiger partial charge in [-0.25, -0.2) is 4.79 Å². The van der Waals surface area contributed by atoms with Gasteiger partial charge in [-0.15, -0.1) is 0 Å². The zero-order valence-corrected chi connectivity index (χ0v) is 16.1. The quantitative estimate of drug-likeness (QED) is 0.519. The molecule has 4 N–H and O–H groups in total. The van der Waals surface area contributed by atoms with Crippen LogP contribution in [-0.4, -0.2) is 75.6 Å². The lowest BCUT2D eigenvalue weighted by atomic mass is 10.0. The summed E-state index contributed by atoms with van der Waals surface area (Å²) in [6.07, 6.45) is 3.38. The van der Waals surface area contributed by atoms with Crippen LogP contribution in [0.5, 0.6) is 0 Å². The molecule has 1 aromatic heterocycles. The molecule has 1 aliphatic rings. The van der Waals surface area contributed by atoms with E-state index in [4.69, 9.17) is 5.11 Å². The first kappa shape index (κ1) is 20.6. The monoisotopic (exact) mass is 400 g/mol. The summed E-state index contributed by atoms with van der Waals surface area (Å²) >= 11 is 0. The molecule has 2 heterocycles. The summed E-state index contributed by atoms with van der Waals surface area (Å²) in [5.41, 5.74) is 1.85. The van der Waals surface area contributed by atoms with Gasteiger partial charge in [0, 0.05) is 66.7 Å². The van der Waals surface area contributed by atoms with E-state index in [1.54, 1.807) is 24.4 Å². The van der Waals surface area contributed by atoms with Gasteiger partial charge in [0.25, 0.3) is 0 Å². The highest BCUT2D eigenvalue weighted by Gasteiger charge is 2.31. The summed E-state index contributed by atoms with van der Waals surface area (Å²) in [5, 5.41) is 21.8. The van der Waals surface area contributed by atoms with E-state index in [9.17, 15) is 19.5 Å². The number of anilines is 1. The Hall–Kier alpha value is -3.17. The van der Waals surface area contributed by atoms with Gasteiger partial charge < -0.3 is 25.4 Å². The molecule has 1 aliphatic heterocycles. The third-order valence-electron chi connectivity index (χ3n) is 5.11. The number of nitrogens with zero attached hydrogens (tertiary/aromatic N) is 2. The third kappa shape index (κ3) is 4.82. The molecule has 1 atom stereocenters. The number of nitrogens with one attached hydrogen (secondary N) is 2. The molecule has 0 aliphatic carbocycles. The maximum Gasteiger partial charge on any atom is 0.328 e. The van der Waals surface area contributed by atoms with Gasteiger partial charge in [0.15, 0.2) is 0 Å². The summed E-state index contributed by atoms with van der Waals surface area (Å²) in [6.45, 7) is 5.99. The van der Waals surface area contributed by atoms with E-state index in [0.29, 0.717) is 29.7 Å². The van der Waals surface area contributed by atoms with Gasteiger partial charge in [0.05, 0.1) is 0 Å². The number of carbonyl (C=O) groups excluding carboxylic acids is 1. The molecule has 1 saturated heterocycles. The van der Waals surface area contributed by atoms with Crippen LogP contribution in [0.15, 0.2) is 36.5 Å². The Balaban J connectivity index is 1.87. The summed E-state index contributed by atoms with van der Waals surface area (Å²) in [4.78, 5) is 41.8. The van der Waals surface area contributed by atoms with Crippen molar-refractivity contribution in [2.75, 3.05) is 38.0 Å². The average Bonchev–Trinajstić information content (AvgIpc) is 3.10. The van der Waals surface area contributed by atoms with Crippen molar-refractivity contribution in [2.24, 2.45) is 0 Å². The molecule has 1 unspecified atom stereocenters. The molecule has 1 amide bonds. The minimum absolute atomic E-state index is 0.457. The van der Waals surface area contributed by atoms with Crippen LogP contribution in [0.3, 0.4) is 0 Å². The molecule has 154 valence electrons. The first-order chi connectivity index (χ1) is 13.9. The second kappa shape index (κ2) is 8.89. The van der Waals surface area contributed by atoms with Crippen LogP contribution in [0.25, 0.3) is 10.9 Å². The van der Waals surface area contributed by atoms with Gasteiger partial charge in [-0.3, -0.25) is 14.5 Å². The van der Waals surface area contributed by atoms with Gasteiger partial charge >= 0.3 is 11.9 Å². The first-order valence-electron chi connectivity index (χ1n) is 9.41. The smallest absolute Gasteiger partial charge is 0.328 e. The molecular formula is C20H24N4O5. The van der Waals surface area contributed by atoms with Gasteiger partial charge in [0.2, 0.25) is 5.91 Å². The van der Waals surface area contributed by atoms with Crippen LogP contribution >= 0.6 is 0 Å². The number of rotatable bonds is 7. The van der Waals surface area contributed by atoms with Gasteiger partial charge in [-0.05, 0) is 24.7 Å². The Bertz CT molecular complexity index is 943. The highest BCUT2D eigenvalue weighted by molar-refractivity contribution is 6.03. The first-order valence-corrected chi connectivity index (χ1v) is 9.41. The Morgan fingerprint density at radius 2 is 1.90 bits per heavy atom. The van der Waals surface area contributed by atoms with Crippen molar-refractivity contribution < 1.29 is 24.6 Å². The van der Waals surface area contributed by atoms with Crippen molar-refractivity contribution in [1.29, 1.82) is 0 Å². The predicted molar refractivity (Wildman–Crippen MR) is 108 cm³/mol. The van der Waals surface area contributed by atoms with Crippen LogP contribution in [0.4, 0.5) is 5.69 Å². The highest BCUT2D eigenvalue weighted by Crippen LogP contribution is 2.31. The molecule has 0 bridgehead atoms. The van der Waals surface area contributed by atoms with Crippen molar-refractivity contribution >= 4 is 34.4 Å². The average molecular weight is 400 g/mol. The minimum atomic E-state index is -1.21. The molecule has 9 nitrogen and oxygen atoms in total. The molecule has 1 fully saturated rings. The zero-order chi connectivity index (χ0) is 21.0. The van der Waals surface area contributed by atoms with Crippen molar-refractivity contribution in [3.05, 3.63) is 42.1 Å². The van der Waals surface area contributed by atoms with Crippen LogP contribution in [0, 0.1) is 0 Å². The lowest BCUT2D eigenvalue weighted by Crippen LogP contribution is -2.49. The number of H-pyrrole nitrogens is 1. The number of hydrogen-bond acceptors (Lipinski definition) is 5. The van der Waals surface area contributed by atoms with Gasteiger partial charge in [-0.2, -0.15) is 0 Å². The number of fused-ring (bicyclic) bond motifs is 1. The van der Waals surface area contributed by atoms with Crippen molar-refractivity contribution in [3.8, 4) is 0 Å². The van der Waals surface area contributed by atoms with E-state index in [2.05, 4.69) is 22.1 Å². The number of piperazine rings is 1. The van der Waals surface area contributed by atoms with E-state index in [1.165, 1.54) is 0 Å². The zero-order valence-electron chi connectivity index (χ0n) is 16.1. The summed E-state index contributed by atoms with van der Waals surface area (Å²) in [5.74, 6) is -2.71. The highest BCUT2D eigenvalue weighted by atomic mass is 16.4. The number of amides is 1. The molecule has 3 rings (SSSR count). The molecule has 0 spiro atoms. The molecule has 0 saturated carbocycles. The van der Waals surface area contributed by atoms with E-state index in [0.717, 1.165) is 37.3 Å². The normalized spacial score (nSPS) is 16.9. The van der Waals surface area contributed by atoms with Crippen LogP contribution in [0.1, 0.15) is 18.5 Å². The number of aliphatic carboxylic acids is 2. The van der Waals surface area contributed by atoms with Gasteiger partial charge in [-0.1, -0.05) is 6.92 Å². The summed E-state index contributed by atoms with van der Waals surface area (Å²) < 4.78 is 0. The van der Waals surface area contributed by atoms with Gasteiger partial charge in [0.1, 0.15) is 6.04 Å². The number of carboxylic acid groups (broad SMARTS) is 2. The summed E-state index contributed by atoms with van der Waals surface area (Å²) in [6, 6.07) is 4.33. The lowest BCUT2D eigenvalue weighted by molar-refractivity contribution is -0.144. The Morgan fingerprint density at radius 1 is 1.17 bits per heavy atom. The van der Waals surface area contributed by atoms with Crippen molar-refractivity contribution in [1.82, 2.24) is 14.8 Å². The number of carboxylic acids is 2. The number of likely N-dealkylation sites (N-methyl/N-ethyl adjacent to an activating group) is 1.